The summed E-state index contributed by atoms with van der Waals surface area (Å²) in [4.78, 5) is 0.0488. The maximum atomic E-state index is 13.3. The van der Waals surface area contributed by atoms with E-state index >= 15 is 0 Å². The van der Waals surface area contributed by atoms with Crippen molar-refractivity contribution in [3.05, 3.63) is 107 Å². The van der Waals surface area contributed by atoms with E-state index < -0.39 is 10.0 Å². The Balaban J connectivity index is 2.16. The van der Waals surface area contributed by atoms with E-state index in [1.807, 2.05) is 37.3 Å². The van der Waals surface area contributed by atoms with E-state index in [-0.39, 0.29) is 21.8 Å². The summed E-state index contributed by atoms with van der Waals surface area (Å²) in [7, 11) is -4.10. The highest BCUT2D eigenvalue weighted by atomic mass is 35.5. The SMILES string of the molecule is Cc1ccc(S(=O)(=O)/N=c2\c(-c3ccccc3)cc(C#N)c(N)n2-c2cccc(Cl)c2)cc1. The molecule has 0 aliphatic heterocycles. The second-order valence-electron chi connectivity index (χ2n) is 7.35. The van der Waals surface area contributed by atoms with E-state index in [4.69, 9.17) is 17.3 Å². The van der Waals surface area contributed by atoms with Crippen molar-refractivity contribution >= 4 is 27.4 Å². The lowest BCUT2D eigenvalue weighted by Crippen LogP contribution is -2.27. The third-order valence-electron chi connectivity index (χ3n) is 5.06. The van der Waals surface area contributed by atoms with Gasteiger partial charge in [0, 0.05) is 10.6 Å². The van der Waals surface area contributed by atoms with Crippen molar-refractivity contribution in [3.8, 4) is 22.9 Å². The number of nitriles is 1. The van der Waals surface area contributed by atoms with Gasteiger partial charge in [0.1, 0.15) is 11.9 Å². The molecular weight excluding hydrogens is 456 g/mol. The second kappa shape index (κ2) is 8.94. The molecule has 3 aromatic carbocycles. The molecule has 0 unspecified atom stereocenters. The number of pyridine rings is 1. The van der Waals surface area contributed by atoms with Crippen molar-refractivity contribution in [1.82, 2.24) is 4.57 Å². The Hall–Kier alpha value is -3.86. The van der Waals surface area contributed by atoms with Gasteiger partial charge < -0.3 is 5.73 Å². The minimum atomic E-state index is -4.10. The van der Waals surface area contributed by atoms with Crippen LogP contribution in [0.4, 0.5) is 5.82 Å². The maximum Gasteiger partial charge on any atom is 0.284 e. The molecule has 0 amide bonds. The van der Waals surface area contributed by atoms with E-state index in [1.54, 1.807) is 42.5 Å². The van der Waals surface area contributed by atoms with E-state index in [2.05, 4.69) is 10.5 Å². The molecule has 0 aliphatic rings. The summed E-state index contributed by atoms with van der Waals surface area (Å²) in [6, 6.07) is 25.9. The summed E-state index contributed by atoms with van der Waals surface area (Å²) in [5, 5.41) is 10.2. The Morgan fingerprint density at radius 2 is 1.67 bits per heavy atom. The van der Waals surface area contributed by atoms with Gasteiger partial charge in [-0.05, 0) is 48.9 Å². The molecule has 1 heterocycles. The van der Waals surface area contributed by atoms with E-state index in [0.717, 1.165) is 5.56 Å². The fourth-order valence-corrected chi connectivity index (χ4v) is 4.58. The Bertz CT molecular complexity index is 1550. The highest BCUT2D eigenvalue weighted by molar-refractivity contribution is 7.90. The van der Waals surface area contributed by atoms with Gasteiger partial charge in [-0.25, -0.2) is 0 Å². The van der Waals surface area contributed by atoms with Crippen LogP contribution < -0.4 is 11.2 Å². The van der Waals surface area contributed by atoms with Crippen molar-refractivity contribution < 1.29 is 8.42 Å². The van der Waals surface area contributed by atoms with Gasteiger partial charge in [0.25, 0.3) is 10.0 Å². The fraction of sp³-hybridized carbons (Fsp3) is 0.0400. The number of hydrogen-bond donors (Lipinski definition) is 1. The lowest BCUT2D eigenvalue weighted by molar-refractivity contribution is 0.596. The Labute approximate surface area is 196 Å². The standard InChI is InChI=1S/C25H19ClN4O2S/c1-17-10-12-22(13-11-17)33(31,32)29-25-23(18-6-3-2-4-7-18)14-19(16-27)24(28)30(25)21-9-5-8-20(26)15-21/h2-15H,28H2,1H3/b29-25+. The highest BCUT2D eigenvalue weighted by Gasteiger charge is 2.19. The molecule has 2 N–H and O–H groups in total. The van der Waals surface area contributed by atoms with E-state index in [1.165, 1.54) is 16.7 Å². The van der Waals surface area contributed by atoms with Crippen LogP contribution in [0.2, 0.25) is 5.02 Å². The van der Waals surface area contributed by atoms with Gasteiger partial charge in [-0.15, -0.1) is 4.40 Å². The molecule has 6 nitrogen and oxygen atoms in total. The number of rotatable bonds is 4. The Morgan fingerprint density at radius 3 is 2.30 bits per heavy atom. The quantitative estimate of drug-likeness (QED) is 0.456. The molecule has 33 heavy (non-hydrogen) atoms. The minimum absolute atomic E-state index is 0.0488. The van der Waals surface area contributed by atoms with Crippen LogP contribution >= 0.6 is 11.6 Å². The summed E-state index contributed by atoms with van der Waals surface area (Å²) in [5.41, 5.74) is 9.12. The molecule has 0 saturated carbocycles. The van der Waals surface area contributed by atoms with Crippen LogP contribution in [0.15, 0.2) is 94.2 Å². The van der Waals surface area contributed by atoms with Crippen LogP contribution in [-0.2, 0) is 10.0 Å². The third kappa shape index (κ3) is 4.53. The molecule has 8 heteroatoms. The van der Waals surface area contributed by atoms with Gasteiger partial charge >= 0.3 is 0 Å². The smallest absolute Gasteiger partial charge is 0.284 e. The van der Waals surface area contributed by atoms with Crippen LogP contribution in [0.25, 0.3) is 16.8 Å². The summed E-state index contributed by atoms with van der Waals surface area (Å²) >= 11 is 6.21. The first-order valence-corrected chi connectivity index (χ1v) is 11.8. The number of aromatic nitrogens is 1. The summed E-state index contributed by atoms with van der Waals surface area (Å²) < 4.78 is 32.3. The molecule has 4 aromatic rings. The van der Waals surface area contributed by atoms with Gasteiger partial charge in [-0.2, -0.15) is 13.7 Å². The van der Waals surface area contributed by atoms with E-state index in [0.29, 0.717) is 21.8 Å². The van der Waals surface area contributed by atoms with Gasteiger partial charge in [0.05, 0.1) is 16.1 Å². The van der Waals surface area contributed by atoms with Crippen LogP contribution in [0.3, 0.4) is 0 Å². The summed E-state index contributed by atoms with van der Waals surface area (Å²) in [5.74, 6) is 0.0531. The van der Waals surface area contributed by atoms with Crippen molar-refractivity contribution in [2.24, 2.45) is 4.40 Å². The fourth-order valence-electron chi connectivity index (χ4n) is 3.40. The zero-order valence-electron chi connectivity index (χ0n) is 17.6. The van der Waals surface area contributed by atoms with Crippen molar-refractivity contribution in [2.75, 3.05) is 5.73 Å². The first kappa shape index (κ1) is 22.3. The number of hydrogen-bond acceptors (Lipinski definition) is 4. The molecule has 0 fully saturated rings. The average Bonchev–Trinajstić information content (AvgIpc) is 2.80. The summed E-state index contributed by atoms with van der Waals surface area (Å²) in [6.07, 6.45) is 0. The maximum absolute atomic E-state index is 13.3. The number of nitrogen functional groups attached to an aromatic ring is 1. The van der Waals surface area contributed by atoms with Gasteiger partial charge in [0.15, 0.2) is 5.49 Å². The molecule has 0 spiro atoms. The van der Waals surface area contributed by atoms with Crippen LogP contribution in [0.1, 0.15) is 11.1 Å². The number of aryl methyl sites for hydroxylation is 1. The number of halogens is 1. The summed E-state index contributed by atoms with van der Waals surface area (Å²) in [6.45, 7) is 1.87. The first-order valence-electron chi connectivity index (χ1n) is 9.95. The number of nitrogens with two attached hydrogens (primary N) is 1. The number of anilines is 1. The van der Waals surface area contributed by atoms with Crippen molar-refractivity contribution in [1.29, 1.82) is 5.26 Å². The monoisotopic (exact) mass is 474 g/mol. The predicted molar refractivity (Wildman–Crippen MR) is 129 cm³/mol. The molecule has 0 radical (unpaired) electrons. The highest BCUT2D eigenvalue weighted by Crippen LogP contribution is 2.25. The second-order valence-corrected chi connectivity index (χ2v) is 9.39. The van der Waals surface area contributed by atoms with E-state index in [9.17, 15) is 13.7 Å². The first-order chi connectivity index (χ1) is 15.8. The normalized spacial score (nSPS) is 11.8. The van der Waals surface area contributed by atoms with Crippen LogP contribution in [0, 0.1) is 18.3 Å². The lowest BCUT2D eigenvalue weighted by Gasteiger charge is -2.16. The van der Waals surface area contributed by atoms with Gasteiger partial charge in [0.2, 0.25) is 0 Å². The number of sulfonamides is 1. The molecule has 0 atom stereocenters. The largest absolute Gasteiger partial charge is 0.384 e. The molecule has 0 bridgehead atoms. The zero-order valence-corrected chi connectivity index (χ0v) is 19.2. The van der Waals surface area contributed by atoms with Crippen molar-refractivity contribution in [3.63, 3.8) is 0 Å². The lowest BCUT2D eigenvalue weighted by atomic mass is 10.0. The zero-order chi connectivity index (χ0) is 23.6. The van der Waals surface area contributed by atoms with Gasteiger partial charge in [-0.3, -0.25) is 4.57 Å². The predicted octanol–water partition coefficient (Wildman–Crippen LogP) is 4.85. The molecule has 4 rings (SSSR count). The number of nitrogens with zero attached hydrogens (tertiary/aromatic N) is 3. The molecular formula is C25H19ClN4O2S. The van der Waals surface area contributed by atoms with Gasteiger partial charge in [-0.1, -0.05) is 65.7 Å². The van der Waals surface area contributed by atoms with Crippen LogP contribution in [-0.4, -0.2) is 13.0 Å². The topological polar surface area (TPSA) is 101 Å². The third-order valence-corrected chi connectivity index (χ3v) is 6.57. The molecule has 0 saturated heterocycles. The molecule has 0 aliphatic carbocycles. The number of benzene rings is 3. The Morgan fingerprint density at radius 1 is 0.970 bits per heavy atom. The minimum Gasteiger partial charge on any atom is -0.384 e. The Kier molecular flexibility index (Phi) is 6.05. The van der Waals surface area contributed by atoms with Crippen molar-refractivity contribution in [2.45, 2.75) is 11.8 Å². The molecule has 164 valence electrons. The van der Waals surface area contributed by atoms with Crippen LogP contribution in [0.5, 0.6) is 0 Å². The molecule has 1 aromatic heterocycles. The average molecular weight is 475 g/mol.